The Morgan fingerprint density at radius 1 is 1.06 bits per heavy atom. The minimum absolute atomic E-state index is 0.0461. The number of benzene rings is 2. The number of fused-ring (bicyclic) bond motifs is 1. The standard InChI is InChI=1S/C23H27N3O5S/c1-3-19(22(28)24-2)25(15-13-17-9-5-4-6-10-17)21(27)14-16-26-23(29)18-11-7-8-12-20(18)32(26,30)31/h4-12,19H,3,13-16H2,1-2H3,(H,24,28). The van der Waals surface area contributed by atoms with E-state index in [1.54, 1.807) is 12.1 Å². The number of sulfonamides is 1. The van der Waals surface area contributed by atoms with Gasteiger partial charge in [0.15, 0.2) is 0 Å². The summed E-state index contributed by atoms with van der Waals surface area (Å²) in [5, 5.41) is 2.59. The predicted molar refractivity (Wildman–Crippen MR) is 119 cm³/mol. The molecule has 0 aliphatic carbocycles. The summed E-state index contributed by atoms with van der Waals surface area (Å²) in [7, 11) is -2.47. The van der Waals surface area contributed by atoms with Crippen molar-refractivity contribution < 1.29 is 22.8 Å². The van der Waals surface area contributed by atoms with Crippen molar-refractivity contribution in [2.75, 3.05) is 20.1 Å². The lowest BCUT2D eigenvalue weighted by atomic mass is 10.1. The van der Waals surface area contributed by atoms with Gasteiger partial charge in [0.2, 0.25) is 11.8 Å². The monoisotopic (exact) mass is 457 g/mol. The van der Waals surface area contributed by atoms with Crippen LogP contribution in [0, 0.1) is 0 Å². The van der Waals surface area contributed by atoms with E-state index in [4.69, 9.17) is 0 Å². The molecule has 1 aliphatic heterocycles. The highest BCUT2D eigenvalue weighted by Crippen LogP contribution is 2.30. The molecule has 3 amide bonds. The molecule has 2 aromatic rings. The van der Waals surface area contributed by atoms with E-state index in [0.717, 1.165) is 9.87 Å². The Balaban J connectivity index is 1.76. The zero-order valence-electron chi connectivity index (χ0n) is 18.2. The van der Waals surface area contributed by atoms with Crippen LogP contribution in [0.4, 0.5) is 0 Å². The Hall–Kier alpha value is -3.20. The Morgan fingerprint density at radius 3 is 2.34 bits per heavy atom. The van der Waals surface area contributed by atoms with Crippen LogP contribution in [0.5, 0.6) is 0 Å². The summed E-state index contributed by atoms with van der Waals surface area (Å²) >= 11 is 0. The summed E-state index contributed by atoms with van der Waals surface area (Å²) < 4.78 is 26.2. The topological polar surface area (TPSA) is 104 Å². The van der Waals surface area contributed by atoms with E-state index in [1.165, 1.54) is 24.1 Å². The third-order valence-corrected chi connectivity index (χ3v) is 7.40. The summed E-state index contributed by atoms with van der Waals surface area (Å²) in [6.07, 6.45) is 0.750. The first-order chi connectivity index (χ1) is 15.3. The molecule has 0 fully saturated rings. The zero-order valence-corrected chi connectivity index (χ0v) is 19.0. The van der Waals surface area contributed by atoms with Crippen LogP contribution in [-0.2, 0) is 26.0 Å². The van der Waals surface area contributed by atoms with E-state index in [-0.39, 0.29) is 35.2 Å². The molecule has 9 heteroatoms. The van der Waals surface area contributed by atoms with Crippen molar-refractivity contribution in [2.24, 2.45) is 0 Å². The van der Waals surface area contributed by atoms with Gasteiger partial charge in [-0.1, -0.05) is 49.4 Å². The second-order valence-electron chi connectivity index (χ2n) is 7.49. The van der Waals surface area contributed by atoms with Crippen molar-refractivity contribution >= 4 is 27.7 Å². The highest BCUT2D eigenvalue weighted by molar-refractivity contribution is 7.90. The van der Waals surface area contributed by atoms with E-state index >= 15 is 0 Å². The van der Waals surface area contributed by atoms with Crippen molar-refractivity contribution in [3.05, 3.63) is 65.7 Å². The molecule has 2 aromatic carbocycles. The predicted octanol–water partition coefficient (Wildman–Crippen LogP) is 1.82. The molecule has 3 rings (SSSR count). The van der Waals surface area contributed by atoms with Crippen LogP contribution < -0.4 is 5.32 Å². The molecule has 0 aromatic heterocycles. The van der Waals surface area contributed by atoms with Crippen LogP contribution in [0.3, 0.4) is 0 Å². The van der Waals surface area contributed by atoms with Gasteiger partial charge in [0, 0.05) is 26.6 Å². The molecule has 8 nitrogen and oxygen atoms in total. The van der Waals surface area contributed by atoms with Crippen LogP contribution in [0.15, 0.2) is 59.5 Å². The summed E-state index contributed by atoms with van der Waals surface area (Å²) in [4.78, 5) is 39.6. The molecule has 0 saturated carbocycles. The molecule has 0 saturated heterocycles. The van der Waals surface area contributed by atoms with Crippen LogP contribution in [0.2, 0.25) is 0 Å². The Bertz CT molecular complexity index is 1100. The van der Waals surface area contributed by atoms with Crippen LogP contribution in [-0.4, -0.2) is 61.5 Å². The second-order valence-corrected chi connectivity index (χ2v) is 9.32. The number of amides is 3. The number of hydrogen-bond acceptors (Lipinski definition) is 5. The maximum Gasteiger partial charge on any atom is 0.269 e. The number of carbonyl (C=O) groups excluding carboxylic acids is 3. The lowest BCUT2D eigenvalue weighted by Crippen LogP contribution is -2.50. The first kappa shape index (κ1) is 23.5. The number of rotatable bonds is 9. The number of carbonyl (C=O) groups is 3. The summed E-state index contributed by atoms with van der Waals surface area (Å²) in [5.41, 5.74) is 1.13. The smallest absolute Gasteiger partial charge is 0.269 e. The van der Waals surface area contributed by atoms with E-state index in [9.17, 15) is 22.8 Å². The average Bonchev–Trinajstić information content (AvgIpc) is 3.00. The molecule has 1 unspecified atom stereocenters. The summed E-state index contributed by atoms with van der Waals surface area (Å²) in [6.45, 7) is 1.84. The molecule has 32 heavy (non-hydrogen) atoms. The van der Waals surface area contributed by atoms with Gasteiger partial charge >= 0.3 is 0 Å². The second kappa shape index (κ2) is 9.95. The highest BCUT2D eigenvalue weighted by atomic mass is 32.2. The van der Waals surface area contributed by atoms with Crippen LogP contribution in [0.25, 0.3) is 0 Å². The minimum atomic E-state index is -3.99. The van der Waals surface area contributed by atoms with Gasteiger partial charge in [-0.3, -0.25) is 14.4 Å². The van der Waals surface area contributed by atoms with Gasteiger partial charge in [0.25, 0.3) is 15.9 Å². The van der Waals surface area contributed by atoms with Gasteiger partial charge in [0.05, 0.1) is 5.56 Å². The SMILES string of the molecule is CCC(C(=O)NC)N(CCc1ccccc1)C(=O)CCN1C(=O)c2ccccc2S1(=O)=O. The van der Waals surface area contributed by atoms with Crippen molar-refractivity contribution in [1.29, 1.82) is 0 Å². The number of nitrogens with one attached hydrogen (secondary N) is 1. The molecule has 1 aliphatic rings. The van der Waals surface area contributed by atoms with E-state index in [2.05, 4.69) is 5.32 Å². The molecule has 1 N–H and O–H groups in total. The molecule has 1 heterocycles. The highest BCUT2D eigenvalue weighted by Gasteiger charge is 2.41. The van der Waals surface area contributed by atoms with Crippen molar-refractivity contribution in [3.8, 4) is 0 Å². The Morgan fingerprint density at radius 2 is 1.72 bits per heavy atom. The number of likely N-dealkylation sites (N-methyl/N-ethyl adjacent to an activating group) is 1. The number of nitrogens with zero attached hydrogens (tertiary/aromatic N) is 2. The maximum atomic E-state index is 13.1. The largest absolute Gasteiger partial charge is 0.357 e. The van der Waals surface area contributed by atoms with Crippen molar-refractivity contribution in [1.82, 2.24) is 14.5 Å². The zero-order chi connectivity index (χ0) is 23.3. The van der Waals surface area contributed by atoms with Gasteiger partial charge in [-0.2, -0.15) is 0 Å². The quantitative estimate of drug-likeness (QED) is 0.619. The third kappa shape index (κ3) is 4.67. The molecule has 0 spiro atoms. The van der Waals surface area contributed by atoms with Gasteiger partial charge in [-0.15, -0.1) is 0 Å². The fraction of sp³-hybridized carbons (Fsp3) is 0.348. The fourth-order valence-corrected chi connectivity index (χ4v) is 5.43. The number of hydrogen-bond donors (Lipinski definition) is 1. The summed E-state index contributed by atoms with van der Waals surface area (Å²) in [5.74, 6) is -1.30. The lowest BCUT2D eigenvalue weighted by molar-refractivity contribution is -0.140. The first-order valence-corrected chi connectivity index (χ1v) is 12.0. The van der Waals surface area contributed by atoms with Crippen LogP contribution >= 0.6 is 0 Å². The van der Waals surface area contributed by atoms with Crippen molar-refractivity contribution in [2.45, 2.75) is 37.1 Å². The van der Waals surface area contributed by atoms with Crippen LogP contribution in [0.1, 0.15) is 35.7 Å². The van der Waals surface area contributed by atoms with E-state index < -0.39 is 22.0 Å². The Labute approximate surface area is 188 Å². The molecule has 0 bridgehead atoms. The van der Waals surface area contributed by atoms with Gasteiger partial charge in [0.1, 0.15) is 10.9 Å². The van der Waals surface area contributed by atoms with Gasteiger partial charge < -0.3 is 10.2 Å². The molecule has 0 radical (unpaired) electrons. The maximum absolute atomic E-state index is 13.1. The first-order valence-electron chi connectivity index (χ1n) is 10.5. The van der Waals surface area contributed by atoms with Gasteiger partial charge in [-0.05, 0) is 30.5 Å². The Kier molecular flexibility index (Phi) is 7.29. The van der Waals surface area contributed by atoms with E-state index in [1.807, 2.05) is 37.3 Å². The molecule has 1 atom stereocenters. The molecular weight excluding hydrogens is 430 g/mol. The minimum Gasteiger partial charge on any atom is -0.357 e. The van der Waals surface area contributed by atoms with Crippen molar-refractivity contribution in [3.63, 3.8) is 0 Å². The average molecular weight is 458 g/mol. The third-order valence-electron chi connectivity index (χ3n) is 5.56. The molecule has 170 valence electrons. The normalized spacial score (nSPS) is 15.2. The van der Waals surface area contributed by atoms with E-state index in [0.29, 0.717) is 19.4 Å². The molecular formula is C23H27N3O5S. The van der Waals surface area contributed by atoms with Gasteiger partial charge in [-0.25, -0.2) is 12.7 Å². The lowest BCUT2D eigenvalue weighted by Gasteiger charge is -2.30. The fourth-order valence-electron chi connectivity index (χ4n) is 3.86. The summed E-state index contributed by atoms with van der Waals surface area (Å²) in [6, 6.07) is 14.9.